The van der Waals surface area contributed by atoms with E-state index in [1.165, 1.54) is 51.9 Å². The van der Waals surface area contributed by atoms with Gasteiger partial charge in [0.2, 0.25) is 0 Å². The van der Waals surface area contributed by atoms with E-state index in [0.717, 1.165) is 29.2 Å². The van der Waals surface area contributed by atoms with Crippen molar-refractivity contribution in [2.24, 2.45) is 5.73 Å². The van der Waals surface area contributed by atoms with Crippen LogP contribution in [0.2, 0.25) is 0 Å². The van der Waals surface area contributed by atoms with E-state index in [2.05, 4.69) is 70.6 Å². The molecule has 1 aromatic heterocycles. The zero-order chi connectivity index (χ0) is 42.1. The molecule has 294 valence electrons. The van der Waals surface area contributed by atoms with Gasteiger partial charge < -0.3 is 20.7 Å². The first kappa shape index (κ1) is 41.1. The molecule has 1 heterocycles. The van der Waals surface area contributed by atoms with Crippen molar-refractivity contribution < 1.29 is 34.1 Å². The lowest BCUT2D eigenvalue weighted by atomic mass is 9.76. The fourth-order valence-electron chi connectivity index (χ4n) is 7.25. The second-order valence-corrected chi connectivity index (χ2v) is 13.7. The van der Waals surface area contributed by atoms with Crippen LogP contribution in [0, 0.1) is 18.3 Å². The van der Waals surface area contributed by atoms with Crippen molar-refractivity contribution in [1.29, 1.82) is 5.26 Å². The van der Waals surface area contributed by atoms with E-state index in [0.29, 0.717) is 53.2 Å². The Morgan fingerprint density at radius 3 is 2.20 bits per heavy atom. The third-order valence-electron chi connectivity index (χ3n) is 10.1. The first-order chi connectivity index (χ1) is 28.5. The lowest BCUT2D eigenvalue weighted by molar-refractivity contribution is -0.120. The van der Waals surface area contributed by atoms with Gasteiger partial charge >= 0.3 is 17.9 Å². The fourth-order valence-corrected chi connectivity index (χ4v) is 7.25. The summed E-state index contributed by atoms with van der Waals surface area (Å²) in [5, 5.41) is 32.2. The number of hydrogen-bond acceptors (Lipinski definition) is 9. The molecule has 1 aliphatic rings. The number of ketones is 1. The van der Waals surface area contributed by atoms with Gasteiger partial charge in [-0.05, 0) is 105 Å². The van der Waals surface area contributed by atoms with E-state index >= 15 is 0 Å². The Labute approximate surface area is 340 Å². The standard InChI is InChI=1S/C25H21NO.C16H11NO4.C7H8N2O2/c26-15-16-4-3-6-18(14-16)25-23-11-10-20-19-7-2-1-5-17(19)8-9-21(20)22(23)12-13-24(25)27;1-9-6-13(11-4-2-10(8-17)3-5-11)14(16(20)21)7-12(9)15(18)19;1-2-11-7(10)6-3-8-5-9-4-6/h1-11,14,25H,12-13,15,26H2;2-7H,1H3,(H,18,19)(H,20,21);3-5H,2H2,1H3. The molecule has 0 aliphatic heterocycles. The number of rotatable bonds is 7. The molecular formula is C48H40N4O7. The molecule has 1 aliphatic carbocycles. The maximum Gasteiger partial charge on any atom is 0.341 e. The summed E-state index contributed by atoms with van der Waals surface area (Å²) in [5.74, 6) is -2.63. The number of nitrogens with two attached hydrogens (primary N) is 1. The van der Waals surface area contributed by atoms with Gasteiger partial charge in [0.1, 0.15) is 12.1 Å². The Balaban J connectivity index is 0.000000162. The number of Topliss-reactive ketones (excluding diaryl/α,β-unsaturated/α-hetero) is 1. The highest BCUT2D eigenvalue weighted by Gasteiger charge is 2.30. The monoisotopic (exact) mass is 784 g/mol. The molecule has 1 unspecified atom stereocenters. The number of carboxylic acids is 2. The van der Waals surface area contributed by atoms with E-state index in [9.17, 15) is 24.3 Å². The number of nitriles is 1. The van der Waals surface area contributed by atoms with Crippen LogP contribution in [0.4, 0.5) is 0 Å². The van der Waals surface area contributed by atoms with E-state index < -0.39 is 11.9 Å². The number of carbonyl (C=O) groups is 4. The van der Waals surface area contributed by atoms with Gasteiger partial charge in [0.25, 0.3) is 0 Å². The number of nitrogens with zero attached hydrogens (tertiary/aromatic N) is 3. The van der Waals surface area contributed by atoms with Gasteiger partial charge in [0, 0.05) is 25.4 Å². The number of aromatic carboxylic acids is 2. The maximum absolute atomic E-state index is 12.9. The SMILES string of the molecule is CCOC(=O)c1cncnc1.Cc1cc(-c2ccc(C#N)cc2)c(C(=O)O)cc1C(=O)O.NCc1cccc(C2C(=O)CCc3c2ccc2c3ccc3ccccc32)c1. The summed E-state index contributed by atoms with van der Waals surface area (Å²) in [5.41, 5.74) is 12.7. The summed E-state index contributed by atoms with van der Waals surface area (Å²) in [6.45, 7) is 4.23. The maximum atomic E-state index is 12.9. The molecule has 0 saturated carbocycles. The second-order valence-electron chi connectivity index (χ2n) is 13.7. The van der Waals surface area contributed by atoms with Crippen molar-refractivity contribution in [3.8, 4) is 17.2 Å². The molecule has 0 spiro atoms. The van der Waals surface area contributed by atoms with Crippen molar-refractivity contribution in [2.45, 2.75) is 39.2 Å². The number of esters is 1. The van der Waals surface area contributed by atoms with Crippen LogP contribution in [-0.2, 0) is 22.5 Å². The van der Waals surface area contributed by atoms with Gasteiger partial charge in [-0.15, -0.1) is 0 Å². The molecule has 11 nitrogen and oxygen atoms in total. The molecule has 0 bridgehead atoms. The zero-order valence-electron chi connectivity index (χ0n) is 32.4. The number of carbonyl (C=O) groups excluding carboxylic acids is 2. The number of benzene rings is 6. The van der Waals surface area contributed by atoms with Crippen molar-refractivity contribution in [3.63, 3.8) is 0 Å². The second kappa shape index (κ2) is 18.6. The number of ether oxygens (including phenoxy) is 1. The van der Waals surface area contributed by atoms with Crippen LogP contribution in [0.1, 0.15) is 83.7 Å². The highest BCUT2D eigenvalue weighted by molar-refractivity contribution is 6.10. The molecule has 0 amide bonds. The number of aromatic nitrogens is 2. The van der Waals surface area contributed by atoms with Crippen molar-refractivity contribution in [3.05, 3.63) is 178 Å². The molecule has 0 fully saturated rings. The smallest absolute Gasteiger partial charge is 0.341 e. The van der Waals surface area contributed by atoms with Crippen LogP contribution < -0.4 is 5.73 Å². The first-order valence-electron chi connectivity index (χ1n) is 18.8. The average Bonchev–Trinajstić information content (AvgIpc) is 3.26. The lowest BCUT2D eigenvalue weighted by Crippen LogP contribution is -2.22. The average molecular weight is 785 g/mol. The van der Waals surface area contributed by atoms with Crippen LogP contribution >= 0.6 is 0 Å². The van der Waals surface area contributed by atoms with Gasteiger partial charge in [-0.1, -0.05) is 84.9 Å². The molecule has 1 atom stereocenters. The fraction of sp³-hybridized carbons (Fsp3) is 0.146. The zero-order valence-corrected chi connectivity index (χ0v) is 32.4. The summed E-state index contributed by atoms with van der Waals surface area (Å²) in [4.78, 5) is 53.6. The predicted molar refractivity (Wildman–Crippen MR) is 224 cm³/mol. The Kier molecular flexibility index (Phi) is 13.0. The van der Waals surface area contributed by atoms with Gasteiger partial charge in [-0.25, -0.2) is 24.4 Å². The number of hydrogen-bond donors (Lipinski definition) is 3. The Morgan fingerprint density at radius 1 is 0.814 bits per heavy atom. The van der Waals surface area contributed by atoms with E-state index in [1.54, 1.807) is 38.1 Å². The highest BCUT2D eigenvalue weighted by Crippen LogP contribution is 2.40. The van der Waals surface area contributed by atoms with Crippen LogP contribution in [-0.4, -0.2) is 50.5 Å². The summed E-state index contributed by atoms with van der Waals surface area (Å²) in [6.07, 6.45) is 5.62. The third-order valence-corrected chi connectivity index (χ3v) is 10.1. The predicted octanol–water partition coefficient (Wildman–Crippen LogP) is 8.68. The molecule has 11 heteroatoms. The molecular weight excluding hydrogens is 745 g/mol. The minimum atomic E-state index is -1.20. The Hall–Kier alpha value is -7.55. The number of fused-ring (bicyclic) bond motifs is 5. The molecule has 0 saturated heterocycles. The van der Waals surface area contributed by atoms with Gasteiger partial charge in [0.05, 0.1) is 40.8 Å². The van der Waals surface area contributed by atoms with Gasteiger partial charge in [-0.2, -0.15) is 5.26 Å². The van der Waals surface area contributed by atoms with Crippen LogP contribution in [0.15, 0.2) is 128 Å². The minimum absolute atomic E-state index is 0.0372. The van der Waals surface area contributed by atoms with Crippen LogP contribution in [0.5, 0.6) is 0 Å². The van der Waals surface area contributed by atoms with Crippen molar-refractivity contribution in [2.75, 3.05) is 6.61 Å². The molecule has 8 rings (SSSR count). The summed E-state index contributed by atoms with van der Waals surface area (Å²) < 4.78 is 4.71. The topological polar surface area (TPSA) is 194 Å². The van der Waals surface area contributed by atoms with Gasteiger partial charge in [0.15, 0.2) is 0 Å². The van der Waals surface area contributed by atoms with Crippen molar-refractivity contribution >= 4 is 45.2 Å². The van der Waals surface area contributed by atoms with E-state index in [4.69, 9.17) is 20.8 Å². The Morgan fingerprint density at radius 2 is 1.53 bits per heavy atom. The van der Waals surface area contributed by atoms with Crippen LogP contribution in [0.25, 0.3) is 32.7 Å². The summed E-state index contributed by atoms with van der Waals surface area (Å²) >= 11 is 0. The number of aryl methyl sites for hydroxylation is 2. The molecule has 0 radical (unpaired) electrons. The quantitative estimate of drug-likeness (QED) is 0.103. The number of carboxylic acid groups (broad SMARTS) is 2. The largest absolute Gasteiger partial charge is 0.478 e. The van der Waals surface area contributed by atoms with Crippen LogP contribution in [0.3, 0.4) is 0 Å². The normalized spacial score (nSPS) is 12.8. The summed E-state index contributed by atoms with van der Waals surface area (Å²) in [6, 6.07) is 36.6. The molecule has 4 N–H and O–H groups in total. The lowest BCUT2D eigenvalue weighted by Gasteiger charge is -2.27. The first-order valence-corrected chi connectivity index (χ1v) is 18.8. The van der Waals surface area contributed by atoms with E-state index in [1.807, 2.05) is 18.2 Å². The Bertz CT molecular complexity index is 2740. The van der Waals surface area contributed by atoms with Crippen molar-refractivity contribution in [1.82, 2.24) is 9.97 Å². The molecule has 7 aromatic rings. The van der Waals surface area contributed by atoms with E-state index in [-0.39, 0.29) is 23.0 Å². The highest BCUT2D eigenvalue weighted by atomic mass is 16.5. The minimum Gasteiger partial charge on any atom is -0.478 e. The third kappa shape index (κ3) is 9.20. The molecule has 6 aromatic carbocycles. The molecule has 59 heavy (non-hydrogen) atoms. The van der Waals surface area contributed by atoms with Gasteiger partial charge in [-0.3, -0.25) is 4.79 Å². The summed E-state index contributed by atoms with van der Waals surface area (Å²) in [7, 11) is 0.